The van der Waals surface area contributed by atoms with Crippen molar-refractivity contribution in [3.8, 4) is 11.4 Å². The van der Waals surface area contributed by atoms with Crippen LogP contribution >= 0.6 is 0 Å². The highest BCUT2D eigenvalue weighted by Gasteiger charge is 2.26. The zero-order chi connectivity index (χ0) is 20.4. The molecule has 1 aromatic carbocycles. The van der Waals surface area contributed by atoms with Gasteiger partial charge in [-0.15, -0.1) is 0 Å². The van der Waals surface area contributed by atoms with Crippen LogP contribution in [0.25, 0.3) is 22.3 Å². The number of fused-ring (bicyclic) bond motifs is 1. The van der Waals surface area contributed by atoms with Gasteiger partial charge in [0.1, 0.15) is 11.6 Å². The molecule has 1 amide bonds. The number of nitrogens with zero attached hydrogens (tertiary/aromatic N) is 3. The van der Waals surface area contributed by atoms with Crippen LogP contribution in [0.1, 0.15) is 36.1 Å². The molecule has 0 saturated heterocycles. The third kappa shape index (κ3) is 3.77. The number of para-hydroxylation sites is 1. The molecule has 8 nitrogen and oxygen atoms in total. The highest BCUT2D eigenvalue weighted by molar-refractivity contribution is 5.97. The number of rotatable bonds is 5. The van der Waals surface area contributed by atoms with E-state index in [0.29, 0.717) is 16.9 Å². The SMILES string of the molecule is CC(C)C(NC(=O)c1cc2ccccc2[nH]c1=O)c1nc(-c2cccnc2)no1. The zero-order valence-electron chi connectivity index (χ0n) is 15.9. The predicted molar refractivity (Wildman–Crippen MR) is 107 cm³/mol. The van der Waals surface area contributed by atoms with Crippen molar-refractivity contribution < 1.29 is 9.32 Å². The van der Waals surface area contributed by atoms with Crippen molar-refractivity contribution in [3.05, 3.63) is 76.7 Å². The number of aromatic nitrogens is 4. The van der Waals surface area contributed by atoms with Crippen LogP contribution in [-0.4, -0.2) is 26.0 Å². The largest absolute Gasteiger partial charge is 0.340 e. The van der Waals surface area contributed by atoms with E-state index in [4.69, 9.17) is 4.52 Å². The van der Waals surface area contributed by atoms with Gasteiger partial charge in [-0.2, -0.15) is 4.98 Å². The molecule has 0 spiro atoms. The molecule has 4 rings (SSSR count). The summed E-state index contributed by atoms with van der Waals surface area (Å²) in [6, 6.07) is 11.9. The molecule has 8 heteroatoms. The summed E-state index contributed by atoms with van der Waals surface area (Å²) in [4.78, 5) is 36.4. The van der Waals surface area contributed by atoms with Crippen molar-refractivity contribution in [2.75, 3.05) is 0 Å². The lowest BCUT2D eigenvalue weighted by Gasteiger charge is -2.18. The van der Waals surface area contributed by atoms with Crippen molar-refractivity contribution in [1.29, 1.82) is 0 Å². The second kappa shape index (κ2) is 7.67. The van der Waals surface area contributed by atoms with Crippen molar-refractivity contribution >= 4 is 16.8 Å². The zero-order valence-corrected chi connectivity index (χ0v) is 15.9. The minimum Gasteiger partial charge on any atom is -0.340 e. The topological polar surface area (TPSA) is 114 Å². The number of carbonyl (C=O) groups excluding carboxylic acids is 1. The maximum atomic E-state index is 12.8. The van der Waals surface area contributed by atoms with E-state index in [1.165, 1.54) is 0 Å². The van der Waals surface area contributed by atoms with Gasteiger partial charge in [0.05, 0.1) is 0 Å². The quantitative estimate of drug-likeness (QED) is 0.542. The lowest BCUT2D eigenvalue weighted by atomic mass is 10.0. The Morgan fingerprint density at radius 3 is 2.76 bits per heavy atom. The predicted octanol–water partition coefficient (Wildman–Crippen LogP) is 3.10. The van der Waals surface area contributed by atoms with Gasteiger partial charge in [0, 0.05) is 23.5 Å². The maximum Gasteiger partial charge on any atom is 0.261 e. The van der Waals surface area contributed by atoms with E-state index in [-0.39, 0.29) is 17.4 Å². The average molecular weight is 389 g/mol. The average Bonchev–Trinajstić information content (AvgIpc) is 3.21. The standard InChI is InChI=1S/C21H19N5O3/c1-12(2)17(21-25-18(26-29-21)14-7-5-9-22-11-14)24-20(28)15-10-13-6-3-4-8-16(13)23-19(15)27/h3-12,17H,1-2H3,(H,23,27)(H,24,28). The van der Waals surface area contributed by atoms with E-state index in [1.807, 2.05) is 38.1 Å². The smallest absolute Gasteiger partial charge is 0.261 e. The molecule has 0 aliphatic carbocycles. The number of pyridine rings is 2. The van der Waals surface area contributed by atoms with Crippen LogP contribution in [0.15, 0.2) is 64.2 Å². The van der Waals surface area contributed by atoms with Crippen LogP contribution in [0.3, 0.4) is 0 Å². The number of carbonyl (C=O) groups is 1. The van der Waals surface area contributed by atoms with Gasteiger partial charge in [0.15, 0.2) is 0 Å². The Morgan fingerprint density at radius 2 is 2.00 bits per heavy atom. The Balaban J connectivity index is 1.62. The van der Waals surface area contributed by atoms with Gasteiger partial charge in [0.2, 0.25) is 11.7 Å². The van der Waals surface area contributed by atoms with Gasteiger partial charge >= 0.3 is 0 Å². The van der Waals surface area contributed by atoms with Crippen molar-refractivity contribution in [3.63, 3.8) is 0 Å². The molecule has 0 radical (unpaired) electrons. The minimum absolute atomic E-state index is 0.0290. The number of nitrogens with one attached hydrogen (secondary N) is 2. The fraction of sp³-hybridized carbons (Fsp3) is 0.190. The summed E-state index contributed by atoms with van der Waals surface area (Å²) in [7, 11) is 0. The van der Waals surface area contributed by atoms with Crippen LogP contribution in [0.5, 0.6) is 0 Å². The maximum absolute atomic E-state index is 12.8. The lowest BCUT2D eigenvalue weighted by molar-refractivity contribution is 0.0912. The summed E-state index contributed by atoms with van der Waals surface area (Å²) in [6.45, 7) is 3.84. The summed E-state index contributed by atoms with van der Waals surface area (Å²) >= 11 is 0. The van der Waals surface area contributed by atoms with Crippen molar-refractivity contribution in [2.45, 2.75) is 19.9 Å². The first-order valence-corrected chi connectivity index (χ1v) is 9.20. The van der Waals surface area contributed by atoms with Crippen molar-refractivity contribution in [2.24, 2.45) is 5.92 Å². The van der Waals surface area contributed by atoms with Crippen molar-refractivity contribution in [1.82, 2.24) is 25.4 Å². The van der Waals surface area contributed by atoms with Gasteiger partial charge in [-0.3, -0.25) is 14.6 Å². The molecule has 0 aliphatic heterocycles. The second-order valence-corrected chi connectivity index (χ2v) is 6.99. The Morgan fingerprint density at radius 1 is 1.17 bits per heavy atom. The Bertz CT molecular complexity index is 1210. The molecule has 0 aliphatic rings. The first kappa shape index (κ1) is 18.5. The molecular weight excluding hydrogens is 370 g/mol. The first-order chi connectivity index (χ1) is 14.0. The molecule has 1 atom stereocenters. The van der Waals surface area contributed by atoms with E-state index in [2.05, 4.69) is 25.4 Å². The third-order valence-corrected chi connectivity index (χ3v) is 4.58. The van der Waals surface area contributed by atoms with Crippen LogP contribution in [0.4, 0.5) is 0 Å². The number of hydrogen-bond acceptors (Lipinski definition) is 6. The van der Waals surface area contributed by atoms with Gasteiger partial charge in [-0.25, -0.2) is 0 Å². The highest BCUT2D eigenvalue weighted by Crippen LogP contribution is 2.23. The fourth-order valence-electron chi connectivity index (χ4n) is 3.02. The molecule has 29 heavy (non-hydrogen) atoms. The summed E-state index contributed by atoms with van der Waals surface area (Å²) in [5, 5.41) is 7.60. The molecule has 0 saturated carbocycles. The lowest BCUT2D eigenvalue weighted by Crippen LogP contribution is -2.35. The molecular formula is C21H19N5O3. The molecule has 3 heterocycles. The van der Waals surface area contributed by atoms with E-state index >= 15 is 0 Å². The van der Waals surface area contributed by atoms with E-state index < -0.39 is 17.5 Å². The van der Waals surface area contributed by atoms with Gasteiger partial charge in [0.25, 0.3) is 11.5 Å². The van der Waals surface area contributed by atoms with Gasteiger partial charge in [-0.05, 0) is 35.6 Å². The highest BCUT2D eigenvalue weighted by atomic mass is 16.5. The van der Waals surface area contributed by atoms with Crippen LogP contribution in [0.2, 0.25) is 0 Å². The number of aromatic amines is 1. The fourth-order valence-corrected chi connectivity index (χ4v) is 3.02. The molecule has 2 N–H and O–H groups in total. The summed E-state index contributed by atoms with van der Waals surface area (Å²) in [5.41, 5.74) is 0.960. The van der Waals surface area contributed by atoms with Crippen LogP contribution in [-0.2, 0) is 0 Å². The van der Waals surface area contributed by atoms with Crippen LogP contribution in [0, 0.1) is 5.92 Å². The number of H-pyrrole nitrogens is 1. The summed E-state index contributed by atoms with van der Waals surface area (Å²) in [6.07, 6.45) is 3.29. The van der Waals surface area contributed by atoms with E-state index in [9.17, 15) is 9.59 Å². The molecule has 4 aromatic rings. The molecule has 1 unspecified atom stereocenters. The molecule has 0 bridgehead atoms. The molecule has 146 valence electrons. The van der Waals surface area contributed by atoms with E-state index in [1.54, 1.807) is 30.6 Å². The second-order valence-electron chi connectivity index (χ2n) is 6.99. The molecule has 0 fully saturated rings. The van der Waals surface area contributed by atoms with Crippen LogP contribution < -0.4 is 10.9 Å². The normalized spacial score (nSPS) is 12.2. The number of amides is 1. The van der Waals surface area contributed by atoms with E-state index in [0.717, 1.165) is 5.39 Å². The minimum atomic E-state index is -0.550. The van der Waals surface area contributed by atoms with Gasteiger partial charge in [-0.1, -0.05) is 37.2 Å². The Labute approximate surface area is 166 Å². The Kier molecular flexibility index (Phi) is 4.90. The monoisotopic (exact) mass is 389 g/mol. The first-order valence-electron chi connectivity index (χ1n) is 9.20. The summed E-state index contributed by atoms with van der Waals surface area (Å²) < 4.78 is 5.39. The van der Waals surface area contributed by atoms with Gasteiger partial charge < -0.3 is 14.8 Å². The molecule has 3 aromatic heterocycles. The third-order valence-electron chi connectivity index (χ3n) is 4.58. The number of benzene rings is 1. The Hall–Kier alpha value is -3.81. The number of hydrogen-bond donors (Lipinski definition) is 2. The summed E-state index contributed by atoms with van der Waals surface area (Å²) in [5.74, 6) is 0.110.